The number of esters is 1. The standard InChI is InChI=1S/C15H23N3O2/c1-3-11-6-5-7-18(10-11)14-13(15(19)20-4-2)8-12(16)9-17-14/h8-9,11H,3-7,10,16H2,1-2H3. The minimum absolute atomic E-state index is 0.346. The van der Waals surface area contributed by atoms with E-state index in [1.807, 2.05) is 0 Å². The monoisotopic (exact) mass is 277 g/mol. The molecule has 110 valence electrons. The third-order valence-corrected chi connectivity index (χ3v) is 3.78. The molecule has 2 N–H and O–H groups in total. The van der Waals surface area contributed by atoms with Gasteiger partial charge in [-0.2, -0.15) is 0 Å². The normalized spacial score (nSPS) is 18.9. The van der Waals surface area contributed by atoms with E-state index in [2.05, 4.69) is 16.8 Å². The van der Waals surface area contributed by atoms with Gasteiger partial charge in [0.2, 0.25) is 0 Å². The van der Waals surface area contributed by atoms with Gasteiger partial charge in [-0.05, 0) is 31.7 Å². The molecule has 5 nitrogen and oxygen atoms in total. The molecule has 1 unspecified atom stereocenters. The first-order chi connectivity index (χ1) is 9.65. The van der Waals surface area contributed by atoms with Crippen molar-refractivity contribution in [2.75, 3.05) is 30.3 Å². The molecule has 1 fully saturated rings. The molecular formula is C15H23N3O2. The molecule has 0 amide bonds. The molecule has 1 aliphatic rings. The molecule has 1 aromatic rings. The van der Waals surface area contributed by atoms with E-state index in [9.17, 15) is 4.79 Å². The van der Waals surface area contributed by atoms with Gasteiger partial charge in [-0.3, -0.25) is 0 Å². The first kappa shape index (κ1) is 14.6. The second-order valence-electron chi connectivity index (χ2n) is 5.22. The number of hydrogen-bond donors (Lipinski definition) is 1. The molecule has 2 rings (SSSR count). The highest BCUT2D eigenvalue weighted by Crippen LogP contribution is 2.27. The van der Waals surface area contributed by atoms with E-state index in [0.29, 0.717) is 29.6 Å². The predicted molar refractivity (Wildman–Crippen MR) is 79.8 cm³/mol. The van der Waals surface area contributed by atoms with Crippen molar-refractivity contribution in [2.45, 2.75) is 33.1 Å². The molecule has 2 heterocycles. The van der Waals surface area contributed by atoms with Crippen molar-refractivity contribution >= 4 is 17.5 Å². The molecule has 0 aromatic carbocycles. The molecule has 1 aromatic heterocycles. The summed E-state index contributed by atoms with van der Waals surface area (Å²) in [4.78, 5) is 18.6. The Morgan fingerprint density at radius 2 is 2.35 bits per heavy atom. The van der Waals surface area contributed by atoms with E-state index in [4.69, 9.17) is 10.5 Å². The summed E-state index contributed by atoms with van der Waals surface area (Å²) in [6.07, 6.45) is 5.14. The second kappa shape index (κ2) is 6.59. The zero-order valence-electron chi connectivity index (χ0n) is 12.3. The maximum atomic E-state index is 12.1. The Labute approximate surface area is 120 Å². The summed E-state index contributed by atoms with van der Waals surface area (Å²) in [6, 6.07) is 1.66. The maximum absolute atomic E-state index is 12.1. The van der Waals surface area contributed by atoms with Gasteiger partial charge in [0.1, 0.15) is 11.4 Å². The Kier molecular flexibility index (Phi) is 4.82. The number of ether oxygens (including phenoxy) is 1. The highest BCUT2D eigenvalue weighted by atomic mass is 16.5. The number of piperidine rings is 1. The zero-order valence-corrected chi connectivity index (χ0v) is 12.3. The largest absolute Gasteiger partial charge is 0.462 e. The smallest absolute Gasteiger partial charge is 0.341 e. The van der Waals surface area contributed by atoms with Crippen LogP contribution in [0.1, 0.15) is 43.5 Å². The Balaban J connectivity index is 2.28. The number of nitrogen functional groups attached to an aromatic ring is 1. The maximum Gasteiger partial charge on any atom is 0.341 e. The predicted octanol–water partition coefficient (Wildman–Crippen LogP) is 2.47. The highest BCUT2D eigenvalue weighted by molar-refractivity contribution is 5.95. The van der Waals surface area contributed by atoms with E-state index >= 15 is 0 Å². The van der Waals surface area contributed by atoms with Crippen molar-refractivity contribution in [3.05, 3.63) is 17.8 Å². The van der Waals surface area contributed by atoms with Gasteiger partial charge in [0.15, 0.2) is 0 Å². The summed E-state index contributed by atoms with van der Waals surface area (Å²) in [5.74, 6) is 1.02. The first-order valence-corrected chi connectivity index (χ1v) is 7.33. The number of nitrogens with zero attached hydrogens (tertiary/aromatic N) is 2. The van der Waals surface area contributed by atoms with Crippen LogP contribution in [0.25, 0.3) is 0 Å². The Morgan fingerprint density at radius 1 is 1.55 bits per heavy atom. The van der Waals surface area contributed by atoms with Crippen LogP contribution in [0.2, 0.25) is 0 Å². The van der Waals surface area contributed by atoms with Gasteiger partial charge in [0, 0.05) is 13.1 Å². The fourth-order valence-corrected chi connectivity index (χ4v) is 2.68. The van der Waals surface area contributed by atoms with Crippen LogP contribution >= 0.6 is 0 Å². The van der Waals surface area contributed by atoms with Crippen molar-refractivity contribution < 1.29 is 9.53 Å². The van der Waals surface area contributed by atoms with Crippen LogP contribution in [0.4, 0.5) is 11.5 Å². The van der Waals surface area contributed by atoms with E-state index in [0.717, 1.165) is 25.9 Å². The minimum atomic E-state index is -0.346. The summed E-state index contributed by atoms with van der Waals surface area (Å²) < 4.78 is 5.11. The number of carbonyl (C=O) groups excluding carboxylic acids is 1. The lowest BCUT2D eigenvalue weighted by Gasteiger charge is -2.34. The van der Waals surface area contributed by atoms with Gasteiger partial charge < -0.3 is 15.4 Å². The van der Waals surface area contributed by atoms with Crippen LogP contribution in [0.5, 0.6) is 0 Å². The minimum Gasteiger partial charge on any atom is -0.462 e. The van der Waals surface area contributed by atoms with Gasteiger partial charge in [-0.1, -0.05) is 13.3 Å². The van der Waals surface area contributed by atoms with E-state index in [-0.39, 0.29) is 5.97 Å². The Hall–Kier alpha value is -1.78. The Morgan fingerprint density at radius 3 is 3.05 bits per heavy atom. The van der Waals surface area contributed by atoms with E-state index in [1.54, 1.807) is 19.2 Å². The number of hydrogen-bond acceptors (Lipinski definition) is 5. The molecule has 0 spiro atoms. The SMILES string of the molecule is CCOC(=O)c1cc(N)cnc1N1CCCC(CC)C1. The molecule has 0 radical (unpaired) electrons. The summed E-state index contributed by atoms with van der Waals surface area (Å²) in [6.45, 7) is 6.23. The van der Waals surface area contributed by atoms with Crippen LogP contribution in [0, 0.1) is 5.92 Å². The number of nitrogens with two attached hydrogens (primary N) is 1. The molecule has 0 aliphatic carbocycles. The quantitative estimate of drug-likeness (QED) is 0.856. The van der Waals surface area contributed by atoms with Crippen molar-refractivity contribution in [1.82, 2.24) is 4.98 Å². The van der Waals surface area contributed by atoms with Crippen LogP contribution in [-0.2, 0) is 4.74 Å². The molecule has 5 heteroatoms. The topological polar surface area (TPSA) is 68.5 Å². The molecule has 0 saturated carbocycles. The summed E-state index contributed by atoms with van der Waals surface area (Å²) in [7, 11) is 0. The number of aromatic nitrogens is 1. The van der Waals surface area contributed by atoms with Crippen LogP contribution in [0.15, 0.2) is 12.3 Å². The molecule has 1 aliphatic heterocycles. The number of anilines is 2. The molecule has 20 heavy (non-hydrogen) atoms. The van der Waals surface area contributed by atoms with Gasteiger partial charge in [-0.25, -0.2) is 9.78 Å². The van der Waals surface area contributed by atoms with E-state index in [1.165, 1.54) is 6.42 Å². The second-order valence-corrected chi connectivity index (χ2v) is 5.22. The van der Waals surface area contributed by atoms with Gasteiger partial charge in [0.05, 0.1) is 18.5 Å². The van der Waals surface area contributed by atoms with Crippen molar-refractivity contribution in [3.8, 4) is 0 Å². The fourth-order valence-electron chi connectivity index (χ4n) is 2.68. The summed E-state index contributed by atoms with van der Waals surface area (Å²) in [5.41, 5.74) is 6.72. The first-order valence-electron chi connectivity index (χ1n) is 7.33. The number of carbonyl (C=O) groups is 1. The average Bonchev–Trinajstić information content (AvgIpc) is 2.47. The summed E-state index contributed by atoms with van der Waals surface area (Å²) >= 11 is 0. The third-order valence-electron chi connectivity index (χ3n) is 3.78. The lowest BCUT2D eigenvalue weighted by molar-refractivity contribution is 0.0526. The highest BCUT2D eigenvalue weighted by Gasteiger charge is 2.24. The van der Waals surface area contributed by atoms with Crippen molar-refractivity contribution in [1.29, 1.82) is 0 Å². The molecule has 1 atom stereocenters. The fraction of sp³-hybridized carbons (Fsp3) is 0.600. The Bertz CT molecular complexity index is 476. The van der Waals surface area contributed by atoms with Gasteiger partial charge in [0.25, 0.3) is 0 Å². The third kappa shape index (κ3) is 3.21. The lowest BCUT2D eigenvalue weighted by atomic mass is 9.95. The zero-order chi connectivity index (χ0) is 14.5. The van der Waals surface area contributed by atoms with E-state index < -0.39 is 0 Å². The van der Waals surface area contributed by atoms with Crippen LogP contribution in [0.3, 0.4) is 0 Å². The van der Waals surface area contributed by atoms with Crippen LogP contribution in [-0.4, -0.2) is 30.6 Å². The van der Waals surface area contributed by atoms with Crippen molar-refractivity contribution in [3.63, 3.8) is 0 Å². The average molecular weight is 277 g/mol. The van der Waals surface area contributed by atoms with Gasteiger partial charge in [-0.15, -0.1) is 0 Å². The molecular weight excluding hydrogens is 254 g/mol. The summed E-state index contributed by atoms with van der Waals surface area (Å²) in [5, 5.41) is 0. The van der Waals surface area contributed by atoms with Gasteiger partial charge >= 0.3 is 5.97 Å². The van der Waals surface area contributed by atoms with Crippen LogP contribution < -0.4 is 10.6 Å². The molecule has 1 saturated heterocycles. The lowest BCUT2D eigenvalue weighted by Crippen LogP contribution is -2.36. The van der Waals surface area contributed by atoms with Crippen molar-refractivity contribution in [2.24, 2.45) is 5.92 Å². The molecule has 0 bridgehead atoms. The number of pyridine rings is 1. The number of rotatable bonds is 4.